The molecule has 11 rings (SSSR count). The summed E-state index contributed by atoms with van der Waals surface area (Å²) in [4.78, 5) is 87.5. The fraction of sp³-hybridized carbons (Fsp3) is 0.278. The minimum absolute atomic E-state index is 0.111. The van der Waals surface area contributed by atoms with Crippen LogP contribution in [0, 0.1) is 75.0 Å². The maximum absolute atomic E-state index is 13.6. The lowest BCUT2D eigenvalue weighted by molar-refractivity contribution is -0.124. The van der Waals surface area contributed by atoms with Gasteiger partial charge >= 0.3 is 11.9 Å². The molecule has 65 heavy (non-hydrogen) atoms. The van der Waals surface area contributed by atoms with E-state index in [0.717, 1.165) is 51.8 Å². The minimum atomic E-state index is -0.562. The number of rotatable bonds is 9. The van der Waals surface area contributed by atoms with E-state index in [-0.39, 0.29) is 88.0 Å². The predicted octanol–water partition coefficient (Wildman–Crippen LogP) is 8.56. The van der Waals surface area contributed by atoms with E-state index in [1.807, 2.05) is 70.3 Å². The van der Waals surface area contributed by atoms with Crippen molar-refractivity contribution >= 4 is 46.9 Å². The lowest BCUT2D eigenvalue weighted by Gasteiger charge is -2.23. The first-order valence-electron chi connectivity index (χ1n) is 22.2. The molecule has 1 aromatic heterocycles. The molecule has 8 unspecified atom stereocenters. The zero-order chi connectivity index (χ0) is 45.0. The molecule has 8 atom stereocenters. The van der Waals surface area contributed by atoms with Crippen molar-refractivity contribution in [3.8, 4) is 11.5 Å². The van der Waals surface area contributed by atoms with Crippen LogP contribution in [0.1, 0.15) is 78.4 Å². The van der Waals surface area contributed by atoms with E-state index < -0.39 is 11.9 Å². The maximum Gasteiger partial charge on any atom is 0.343 e. The van der Waals surface area contributed by atoms with Crippen molar-refractivity contribution < 1.29 is 38.2 Å². The number of allylic oxidation sites excluding steroid dienone is 4. The summed E-state index contributed by atoms with van der Waals surface area (Å²) in [6.45, 7) is 7.57. The Kier molecular flexibility index (Phi) is 9.46. The standard InChI is InChI=1S/C54H45N3O8/c1-27-20-38(21-28(2)47(27)64-53(62)31-11-15-40(16-12-31)56-49(58)43-33-7-8-34(24-33)44(43)50(56)59)42(37-6-5-19-55-26-37)39-22-29(3)48(30(4)23-39)65-54(63)32-13-17-41(18-14-32)57-51(60)45-35-9-10-36(25-35)46(45)52(57)61/h5-23,26,33-36,42-46H,24-25H2,1-4H3. The van der Waals surface area contributed by atoms with Crippen molar-refractivity contribution in [1.29, 1.82) is 0 Å². The van der Waals surface area contributed by atoms with Gasteiger partial charge in [-0.15, -0.1) is 0 Å². The second-order valence-corrected chi connectivity index (χ2v) is 18.6. The van der Waals surface area contributed by atoms with Gasteiger partial charge in [0, 0.05) is 18.3 Å². The molecule has 0 radical (unpaired) electrons. The van der Waals surface area contributed by atoms with E-state index >= 15 is 0 Å². The van der Waals surface area contributed by atoms with Gasteiger partial charge in [0.25, 0.3) is 0 Å². The van der Waals surface area contributed by atoms with Crippen LogP contribution in [0.3, 0.4) is 0 Å². The van der Waals surface area contributed by atoms with Crippen molar-refractivity contribution in [2.45, 2.75) is 46.5 Å². The quantitative estimate of drug-likeness (QED) is 0.0617. The van der Waals surface area contributed by atoms with Crippen molar-refractivity contribution in [2.75, 3.05) is 9.80 Å². The topological polar surface area (TPSA) is 140 Å². The Morgan fingerprint density at radius 1 is 0.523 bits per heavy atom. The number of amides is 4. The van der Waals surface area contributed by atoms with Crippen LogP contribution in [0.5, 0.6) is 11.5 Å². The Morgan fingerprint density at radius 2 is 0.877 bits per heavy atom. The van der Waals surface area contributed by atoms with Crippen LogP contribution in [0.4, 0.5) is 11.4 Å². The van der Waals surface area contributed by atoms with Gasteiger partial charge in [-0.3, -0.25) is 34.0 Å². The Hall–Kier alpha value is -7.27. The van der Waals surface area contributed by atoms with Crippen LogP contribution in [0.2, 0.25) is 0 Å². The van der Waals surface area contributed by atoms with E-state index in [1.165, 1.54) is 9.80 Å². The van der Waals surface area contributed by atoms with E-state index in [0.29, 0.717) is 22.9 Å². The largest absolute Gasteiger partial charge is 0.422 e. The highest BCUT2D eigenvalue weighted by atomic mass is 16.5. The number of hydrogen-bond donors (Lipinski definition) is 0. The van der Waals surface area contributed by atoms with Crippen LogP contribution >= 0.6 is 0 Å². The molecule has 324 valence electrons. The molecule has 0 spiro atoms. The van der Waals surface area contributed by atoms with Gasteiger partial charge in [0.2, 0.25) is 23.6 Å². The molecule has 0 N–H and O–H groups in total. The summed E-state index contributed by atoms with van der Waals surface area (Å²) in [5, 5.41) is 0. The fourth-order valence-corrected chi connectivity index (χ4v) is 11.9. The van der Waals surface area contributed by atoms with Crippen molar-refractivity contribution in [3.63, 3.8) is 0 Å². The molecule has 4 fully saturated rings. The third-order valence-electron chi connectivity index (χ3n) is 14.7. The van der Waals surface area contributed by atoms with Crippen LogP contribution < -0.4 is 19.3 Å². The van der Waals surface area contributed by atoms with Gasteiger partial charge in [-0.25, -0.2) is 9.59 Å². The van der Waals surface area contributed by atoms with Crippen LogP contribution in [-0.2, 0) is 19.2 Å². The number of ether oxygens (including phenoxy) is 2. The first-order chi connectivity index (χ1) is 31.4. The van der Waals surface area contributed by atoms with Crippen LogP contribution in [-0.4, -0.2) is 40.6 Å². The summed E-state index contributed by atoms with van der Waals surface area (Å²) in [6, 6.07) is 24.8. The number of aromatic nitrogens is 1. The summed E-state index contributed by atoms with van der Waals surface area (Å²) in [5.41, 5.74) is 7.29. The van der Waals surface area contributed by atoms with Gasteiger partial charge in [0.15, 0.2) is 0 Å². The SMILES string of the molecule is Cc1cc(C(c2cccnc2)c2cc(C)c(OC(=O)c3ccc(N4C(=O)C5C6C=CC(C6)C5C4=O)cc3)c(C)c2)cc(C)c1OC(=O)c1ccc(N2C(=O)C3C4C=CC(C4)C3C2=O)cc1. The third-order valence-corrected chi connectivity index (χ3v) is 14.7. The number of benzene rings is 4. The highest BCUT2D eigenvalue weighted by molar-refractivity contribution is 6.23. The van der Waals surface area contributed by atoms with E-state index in [1.54, 1.807) is 54.7 Å². The molecular formula is C54H45N3O8. The molecule has 11 nitrogen and oxygen atoms in total. The number of imide groups is 2. The molecular weight excluding hydrogens is 819 g/mol. The molecule has 5 aromatic rings. The molecule has 2 saturated heterocycles. The average molecular weight is 864 g/mol. The molecule has 6 aliphatic rings. The van der Waals surface area contributed by atoms with Crippen molar-refractivity contribution in [3.05, 3.63) is 172 Å². The summed E-state index contributed by atoms with van der Waals surface area (Å²) in [7, 11) is 0. The van der Waals surface area contributed by atoms with Gasteiger partial charge < -0.3 is 9.47 Å². The number of carbonyl (C=O) groups excluding carboxylic acids is 6. The van der Waals surface area contributed by atoms with E-state index in [4.69, 9.17) is 9.47 Å². The highest BCUT2D eigenvalue weighted by Gasteiger charge is 2.60. The highest BCUT2D eigenvalue weighted by Crippen LogP contribution is 2.54. The zero-order valence-electron chi connectivity index (χ0n) is 36.3. The number of pyridine rings is 1. The average Bonchev–Trinajstić information content (AvgIpc) is 4.17. The first kappa shape index (κ1) is 40.5. The molecule has 2 aliphatic heterocycles. The fourth-order valence-electron chi connectivity index (χ4n) is 11.9. The third kappa shape index (κ3) is 6.42. The Morgan fingerprint density at radius 3 is 1.20 bits per heavy atom. The molecule has 4 aromatic carbocycles. The molecule has 2 saturated carbocycles. The van der Waals surface area contributed by atoms with Gasteiger partial charge in [0.1, 0.15) is 11.5 Å². The molecule has 11 heteroatoms. The first-order valence-corrected chi connectivity index (χ1v) is 22.2. The predicted molar refractivity (Wildman–Crippen MR) is 240 cm³/mol. The Labute approximate surface area is 375 Å². The summed E-state index contributed by atoms with van der Waals surface area (Å²) >= 11 is 0. The number of carbonyl (C=O) groups is 6. The molecule has 4 bridgehead atoms. The zero-order valence-corrected chi connectivity index (χ0v) is 36.3. The Bertz CT molecular complexity index is 2670. The molecule has 3 heterocycles. The number of nitrogens with zero attached hydrogens (tertiary/aromatic N) is 3. The molecule has 4 amide bonds. The van der Waals surface area contributed by atoms with Crippen LogP contribution in [0.25, 0.3) is 0 Å². The summed E-state index contributed by atoms with van der Waals surface area (Å²) < 4.78 is 12.0. The second kappa shape index (κ2) is 15.2. The second-order valence-electron chi connectivity index (χ2n) is 18.6. The number of esters is 2. The van der Waals surface area contributed by atoms with Gasteiger partial charge in [-0.2, -0.15) is 0 Å². The lowest BCUT2D eigenvalue weighted by Crippen LogP contribution is -2.32. The van der Waals surface area contributed by atoms with Gasteiger partial charge in [-0.1, -0.05) is 54.6 Å². The molecule has 4 aliphatic carbocycles. The van der Waals surface area contributed by atoms with Crippen molar-refractivity contribution in [1.82, 2.24) is 4.98 Å². The van der Waals surface area contributed by atoms with Crippen molar-refractivity contribution in [2.24, 2.45) is 47.3 Å². The number of aryl methyl sites for hydroxylation is 4. The maximum atomic E-state index is 13.6. The Balaban J connectivity index is 0.803. The monoisotopic (exact) mass is 863 g/mol. The van der Waals surface area contributed by atoms with E-state index in [9.17, 15) is 28.8 Å². The number of anilines is 2. The van der Waals surface area contributed by atoms with Gasteiger partial charge in [0.05, 0.1) is 46.2 Å². The lowest BCUT2D eigenvalue weighted by atomic mass is 9.83. The number of fused-ring (bicyclic) bond motifs is 10. The van der Waals surface area contributed by atoms with Crippen LogP contribution in [0.15, 0.2) is 122 Å². The van der Waals surface area contributed by atoms with E-state index in [2.05, 4.69) is 29.3 Å². The summed E-state index contributed by atoms with van der Waals surface area (Å²) in [5.74, 6) is -2.00. The normalized spacial score (nSPS) is 26.0. The minimum Gasteiger partial charge on any atom is -0.422 e. The smallest absolute Gasteiger partial charge is 0.343 e. The van der Waals surface area contributed by atoms with Gasteiger partial charge in [-0.05, 0) is 158 Å². The summed E-state index contributed by atoms with van der Waals surface area (Å²) in [6.07, 6.45) is 13.5. The number of hydrogen-bond acceptors (Lipinski definition) is 9.